The van der Waals surface area contributed by atoms with E-state index in [1.807, 2.05) is 4.90 Å². The van der Waals surface area contributed by atoms with Crippen molar-refractivity contribution < 1.29 is 14.3 Å². The maximum Gasteiger partial charge on any atom is 0.319 e. The topological polar surface area (TPSA) is 82.7 Å². The number of hydrogen-bond acceptors (Lipinski definition) is 5. The van der Waals surface area contributed by atoms with Gasteiger partial charge in [0.15, 0.2) is 5.43 Å². The molecule has 0 aliphatic carbocycles. The number of piperazine rings is 1. The second-order valence-corrected chi connectivity index (χ2v) is 5.04. The summed E-state index contributed by atoms with van der Waals surface area (Å²) in [6, 6.07) is 1.42. The van der Waals surface area contributed by atoms with Gasteiger partial charge in [-0.3, -0.25) is 19.3 Å². The maximum absolute atomic E-state index is 12.3. The zero-order chi connectivity index (χ0) is 15.4. The van der Waals surface area contributed by atoms with E-state index in [1.54, 1.807) is 11.8 Å². The van der Waals surface area contributed by atoms with E-state index in [9.17, 15) is 14.4 Å². The number of hydrogen-bond donors (Lipinski definition) is 1. The number of H-pyrrole nitrogens is 1. The van der Waals surface area contributed by atoms with Gasteiger partial charge in [0.1, 0.15) is 5.56 Å². The lowest BCUT2D eigenvalue weighted by Crippen LogP contribution is -2.50. The minimum absolute atomic E-state index is 0.155. The quantitative estimate of drug-likeness (QED) is 0.768. The lowest BCUT2D eigenvalue weighted by Gasteiger charge is -2.33. The van der Waals surface area contributed by atoms with Gasteiger partial charge in [-0.05, 0) is 6.92 Å². The van der Waals surface area contributed by atoms with Gasteiger partial charge in [-0.2, -0.15) is 0 Å². The van der Waals surface area contributed by atoms with E-state index >= 15 is 0 Å². The molecule has 7 nitrogen and oxygen atoms in total. The number of carbonyl (C=O) groups is 2. The number of ether oxygens (including phenoxy) is 1. The molecule has 0 bridgehead atoms. The molecule has 1 aromatic rings. The number of nitrogens with zero attached hydrogens (tertiary/aromatic N) is 2. The van der Waals surface area contributed by atoms with Crippen molar-refractivity contribution >= 4 is 11.9 Å². The molecule has 21 heavy (non-hydrogen) atoms. The van der Waals surface area contributed by atoms with Crippen molar-refractivity contribution in [3.63, 3.8) is 0 Å². The molecular formula is C14H19N3O4. The van der Waals surface area contributed by atoms with Gasteiger partial charge in [0.05, 0.1) is 13.7 Å². The van der Waals surface area contributed by atoms with Crippen LogP contribution in [0.3, 0.4) is 0 Å². The fourth-order valence-electron chi connectivity index (χ4n) is 2.27. The predicted octanol–water partition coefficient (Wildman–Crippen LogP) is -0.386. The lowest BCUT2D eigenvalue weighted by molar-refractivity contribution is -0.142. The van der Waals surface area contributed by atoms with Crippen molar-refractivity contribution in [3.8, 4) is 0 Å². The first kappa shape index (κ1) is 15.2. The van der Waals surface area contributed by atoms with Crippen LogP contribution >= 0.6 is 0 Å². The van der Waals surface area contributed by atoms with Crippen LogP contribution in [0.4, 0.5) is 0 Å². The highest BCUT2D eigenvalue weighted by molar-refractivity contribution is 5.93. The third-order valence-corrected chi connectivity index (χ3v) is 3.53. The van der Waals surface area contributed by atoms with E-state index in [4.69, 9.17) is 0 Å². The second kappa shape index (κ2) is 6.53. The number of aromatic amines is 1. The first-order chi connectivity index (χ1) is 10.0. The number of esters is 1. The highest BCUT2D eigenvalue weighted by Gasteiger charge is 2.24. The zero-order valence-electron chi connectivity index (χ0n) is 12.2. The van der Waals surface area contributed by atoms with Crippen LogP contribution < -0.4 is 5.43 Å². The monoisotopic (exact) mass is 293 g/mol. The number of methoxy groups -OCH3 is 1. The third-order valence-electron chi connectivity index (χ3n) is 3.53. The molecule has 1 saturated heterocycles. The molecule has 0 aromatic carbocycles. The Labute approximate surface area is 122 Å². The summed E-state index contributed by atoms with van der Waals surface area (Å²) < 4.78 is 4.62. The Morgan fingerprint density at radius 2 is 1.95 bits per heavy atom. The van der Waals surface area contributed by atoms with E-state index in [1.165, 1.54) is 19.4 Å². The van der Waals surface area contributed by atoms with Gasteiger partial charge in [0, 0.05) is 44.1 Å². The minimum atomic E-state index is -0.287. The molecule has 7 heteroatoms. The standard InChI is InChI=1S/C14H19N3O4/c1-10-7-12(18)11(8-15-10)14(20)17-5-3-16(4-6-17)9-13(19)21-2/h7-8H,3-6,9H2,1-2H3,(H,15,18). The molecule has 1 aliphatic heterocycles. The lowest BCUT2D eigenvalue weighted by atomic mass is 10.2. The first-order valence-corrected chi connectivity index (χ1v) is 6.79. The molecular weight excluding hydrogens is 274 g/mol. The van der Waals surface area contributed by atoms with Crippen LogP contribution in [0.2, 0.25) is 0 Å². The normalized spacial score (nSPS) is 15.8. The number of aromatic nitrogens is 1. The van der Waals surface area contributed by atoms with Crippen molar-refractivity contribution in [1.29, 1.82) is 0 Å². The van der Waals surface area contributed by atoms with E-state index in [0.717, 1.165) is 5.69 Å². The van der Waals surface area contributed by atoms with Crippen molar-refractivity contribution in [2.75, 3.05) is 39.8 Å². The largest absolute Gasteiger partial charge is 0.468 e. The molecule has 2 heterocycles. The van der Waals surface area contributed by atoms with Gasteiger partial charge in [-0.15, -0.1) is 0 Å². The van der Waals surface area contributed by atoms with Crippen LogP contribution in [-0.4, -0.2) is 66.5 Å². The van der Waals surface area contributed by atoms with Gasteiger partial charge in [0.25, 0.3) is 5.91 Å². The van der Waals surface area contributed by atoms with E-state index in [2.05, 4.69) is 9.72 Å². The molecule has 2 rings (SSSR count). The van der Waals surface area contributed by atoms with Crippen molar-refractivity contribution in [3.05, 3.63) is 33.7 Å². The summed E-state index contributed by atoms with van der Waals surface area (Å²) in [5, 5.41) is 0. The first-order valence-electron chi connectivity index (χ1n) is 6.79. The second-order valence-electron chi connectivity index (χ2n) is 5.04. The van der Waals surface area contributed by atoms with Crippen molar-refractivity contribution in [2.24, 2.45) is 0 Å². The van der Waals surface area contributed by atoms with E-state index in [-0.39, 0.29) is 29.4 Å². The highest BCUT2D eigenvalue weighted by atomic mass is 16.5. The Kier molecular flexibility index (Phi) is 4.74. The molecule has 1 aliphatic rings. The van der Waals surface area contributed by atoms with Crippen LogP contribution in [0.5, 0.6) is 0 Å². The van der Waals surface area contributed by atoms with Crippen LogP contribution in [0.1, 0.15) is 16.1 Å². The van der Waals surface area contributed by atoms with E-state index in [0.29, 0.717) is 26.2 Å². The van der Waals surface area contributed by atoms with Crippen LogP contribution in [0.25, 0.3) is 0 Å². The van der Waals surface area contributed by atoms with Gasteiger partial charge < -0.3 is 14.6 Å². The SMILES string of the molecule is COC(=O)CN1CCN(C(=O)c2c[nH]c(C)cc2=O)CC1. The Hall–Kier alpha value is -2.15. The van der Waals surface area contributed by atoms with Gasteiger partial charge in [-0.25, -0.2) is 0 Å². The number of amides is 1. The van der Waals surface area contributed by atoms with E-state index < -0.39 is 0 Å². The minimum Gasteiger partial charge on any atom is -0.468 e. The molecule has 0 spiro atoms. The smallest absolute Gasteiger partial charge is 0.319 e. The fourth-order valence-corrected chi connectivity index (χ4v) is 2.27. The number of nitrogens with one attached hydrogen (secondary N) is 1. The molecule has 1 amide bonds. The number of carbonyl (C=O) groups excluding carboxylic acids is 2. The summed E-state index contributed by atoms with van der Waals surface area (Å²) in [4.78, 5) is 41.8. The molecule has 1 fully saturated rings. The number of rotatable bonds is 3. The molecule has 1 N–H and O–H groups in total. The molecule has 114 valence electrons. The Balaban J connectivity index is 1.97. The molecule has 0 radical (unpaired) electrons. The molecule has 0 unspecified atom stereocenters. The van der Waals surface area contributed by atoms with Crippen LogP contribution in [0.15, 0.2) is 17.1 Å². The van der Waals surface area contributed by atoms with Crippen molar-refractivity contribution in [1.82, 2.24) is 14.8 Å². The Morgan fingerprint density at radius 3 is 2.52 bits per heavy atom. The third kappa shape index (κ3) is 3.69. The van der Waals surface area contributed by atoms with Crippen LogP contribution in [-0.2, 0) is 9.53 Å². The summed E-state index contributed by atoms with van der Waals surface area (Å²) in [6.45, 7) is 4.15. The number of aryl methyl sites for hydroxylation is 1. The summed E-state index contributed by atoms with van der Waals surface area (Å²) in [5.74, 6) is -0.557. The average molecular weight is 293 g/mol. The summed E-state index contributed by atoms with van der Waals surface area (Å²) in [6.07, 6.45) is 1.46. The van der Waals surface area contributed by atoms with Gasteiger partial charge in [-0.1, -0.05) is 0 Å². The average Bonchev–Trinajstić information content (AvgIpc) is 2.47. The van der Waals surface area contributed by atoms with Crippen LogP contribution in [0, 0.1) is 6.92 Å². The maximum atomic E-state index is 12.3. The van der Waals surface area contributed by atoms with Gasteiger partial charge >= 0.3 is 5.97 Å². The summed E-state index contributed by atoms with van der Waals surface area (Å²) >= 11 is 0. The fraction of sp³-hybridized carbons (Fsp3) is 0.500. The highest BCUT2D eigenvalue weighted by Crippen LogP contribution is 2.06. The van der Waals surface area contributed by atoms with Crippen molar-refractivity contribution in [2.45, 2.75) is 6.92 Å². The molecule has 0 saturated carbocycles. The molecule has 0 atom stereocenters. The summed E-state index contributed by atoms with van der Waals surface area (Å²) in [7, 11) is 1.35. The number of pyridine rings is 1. The van der Waals surface area contributed by atoms with Gasteiger partial charge in [0.2, 0.25) is 0 Å². The zero-order valence-corrected chi connectivity index (χ0v) is 12.2. The Morgan fingerprint density at radius 1 is 1.29 bits per heavy atom. The predicted molar refractivity (Wildman–Crippen MR) is 76.2 cm³/mol. The summed E-state index contributed by atoms with van der Waals surface area (Å²) in [5.41, 5.74) is 0.606. The molecule has 1 aromatic heterocycles. The Bertz CT molecular complexity index is 588.